The summed E-state index contributed by atoms with van der Waals surface area (Å²) in [7, 11) is 1.50. The van der Waals surface area contributed by atoms with E-state index in [-0.39, 0.29) is 36.7 Å². The standard InChI is InChI=1S/C24H22F4N4O2S/c1-3-35-30-18-10-31-19(24(18,27)28)11-32(23(31)33)22-20-14(9-29-22)7-13(12-34-2)8-15(20)21-16(25)5-4-6-17(21)26/h4-8,11,18,30H,3,9-10,12H2,1-2H3/t18-/m1/s1. The summed E-state index contributed by atoms with van der Waals surface area (Å²) in [6.45, 7) is 1.96. The van der Waals surface area contributed by atoms with Crippen LogP contribution in [0.25, 0.3) is 11.1 Å². The Kier molecular flexibility index (Phi) is 6.10. The minimum Gasteiger partial charge on any atom is -0.380 e. The van der Waals surface area contributed by atoms with E-state index in [0.29, 0.717) is 22.4 Å². The van der Waals surface area contributed by atoms with Crippen LogP contribution in [0.1, 0.15) is 29.3 Å². The molecule has 3 aromatic rings. The summed E-state index contributed by atoms with van der Waals surface area (Å²) in [6.07, 6.45) is 1.08. The van der Waals surface area contributed by atoms with Crippen LogP contribution in [0.2, 0.25) is 0 Å². The molecule has 1 N–H and O–H groups in total. The predicted octanol–water partition coefficient (Wildman–Crippen LogP) is 4.28. The monoisotopic (exact) mass is 506 g/mol. The molecule has 0 unspecified atom stereocenters. The van der Waals surface area contributed by atoms with Crippen molar-refractivity contribution < 1.29 is 22.3 Å². The minimum absolute atomic E-state index is 0.0803. The van der Waals surface area contributed by atoms with Crippen LogP contribution in [0.4, 0.5) is 17.6 Å². The Bertz CT molecular complexity index is 1380. The summed E-state index contributed by atoms with van der Waals surface area (Å²) < 4.78 is 69.8. The van der Waals surface area contributed by atoms with Crippen LogP contribution in [0.3, 0.4) is 0 Å². The highest BCUT2D eigenvalue weighted by Crippen LogP contribution is 2.39. The van der Waals surface area contributed by atoms with Gasteiger partial charge in [0, 0.05) is 24.6 Å². The van der Waals surface area contributed by atoms with Crippen LogP contribution in [0, 0.1) is 11.6 Å². The van der Waals surface area contributed by atoms with Crippen LogP contribution in [0.5, 0.6) is 0 Å². The molecule has 11 heteroatoms. The van der Waals surface area contributed by atoms with Gasteiger partial charge in [0.2, 0.25) is 0 Å². The van der Waals surface area contributed by atoms with Gasteiger partial charge in [0.05, 0.1) is 25.3 Å². The fourth-order valence-corrected chi connectivity index (χ4v) is 5.23. The molecular weight excluding hydrogens is 484 g/mol. The van der Waals surface area contributed by atoms with E-state index in [9.17, 15) is 13.6 Å². The zero-order valence-electron chi connectivity index (χ0n) is 18.9. The molecule has 35 heavy (non-hydrogen) atoms. The number of methoxy groups -OCH3 is 1. The van der Waals surface area contributed by atoms with Gasteiger partial charge in [0.15, 0.2) is 0 Å². The van der Waals surface area contributed by atoms with Crippen molar-refractivity contribution in [3.8, 4) is 11.1 Å². The highest BCUT2D eigenvalue weighted by molar-refractivity contribution is 7.97. The lowest BCUT2D eigenvalue weighted by Crippen LogP contribution is -2.38. The smallest absolute Gasteiger partial charge is 0.334 e. The third-order valence-electron chi connectivity index (χ3n) is 6.17. The lowest BCUT2D eigenvalue weighted by Gasteiger charge is -2.19. The summed E-state index contributed by atoms with van der Waals surface area (Å²) in [5.74, 6) is -4.17. The van der Waals surface area contributed by atoms with E-state index in [0.717, 1.165) is 39.4 Å². The van der Waals surface area contributed by atoms with E-state index in [2.05, 4.69) is 9.71 Å². The fraction of sp³-hybridized carbons (Fsp3) is 0.333. The van der Waals surface area contributed by atoms with Crippen molar-refractivity contribution in [1.29, 1.82) is 0 Å². The van der Waals surface area contributed by atoms with Gasteiger partial charge >= 0.3 is 11.6 Å². The van der Waals surface area contributed by atoms with Crippen LogP contribution in [0.15, 0.2) is 46.3 Å². The maximum Gasteiger partial charge on any atom is 0.334 e. The van der Waals surface area contributed by atoms with Gasteiger partial charge in [-0.15, -0.1) is 0 Å². The average Bonchev–Trinajstić information content (AvgIpc) is 3.44. The Hall–Kier alpha value is -2.89. The molecule has 2 aliphatic heterocycles. The van der Waals surface area contributed by atoms with E-state index in [1.165, 1.54) is 13.2 Å². The van der Waals surface area contributed by atoms with Crippen molar-refractivity contribution in [2.24, 2.45) is 4.99 Å². The van der Waals surface area contributed by atoms with Crippen molar-refractivity contribution in [2.45, 2.75) is 38.6 Å². The zero-order chi connectivity index (χ0) is 24.9. The molecular formula is C24H22F4N4O2S. The average molecular weight is 507 g/mol. The van der Waals surface area contributed by atoms with E-state index >= 15 is 8.78 Å². The second-order valence-electron chi connectivity index (χ2n) is 8.35. The molecule has 0 fully saturated rings. The molecule has 2 aliphatic rings. The number of nitrogens with zero attached hydrogens (tertiary/aromatic N) is 3. The van der Waals surface area contributed by atoms with Crippen LogP contribution in [-0.2, 0) is 30.4 Å². The zero-order valence-corrected chi connectivity index (χ0v) is 19.8. The Morgan fingerprint density at radius 3 is 2.63 bits per heavy atom. The van der Waals surface area contributed by atoms with Gasteiger partial charge in [-0.05, 0) is 34.9 Å². The first-order valence-electron chi connectivity index (χ1n) is 11.0. The number of halogens is 4. The first kappa shape index (κ1) is 23.8. The van der Waals surface area contributed by atoms with Gasteiger partial charge in [-0.2, -0.15) is 8.78 Å². The molecule has 6 nitrogen and oxygen atoms in total. The molecule has 1 atom stereocenters. The molecule has 0 radical (unpaired) electrons. The molecule has 0 bridgehead atoms. The van der Waals surface area contributed by atoms with Crippen LogP contribution < -0.4 is 10.4 Å². The summed E-state index contributed by atoms with van der Waals surface area (Å²) >= 11 is 1.16. The van der Waals surface area contributed by atoms with Gasteiger partial charge < -0.3 is 4.74 Å². The third-order valence-corrected chi connectivity index (χ3v) is 6.91. The van der Waals surface area contributed by atoms with Crippen molar-refractivity contribution in [1.82, 2.24) is 13.9 Å². The van der Waals surface area contributed by atoms with Gasteiger partial charge in [0.1, 0.15) is 29.2 Å². The first-order valence-corrected chi connectivity index (χ1v) is 12.0. The molecule has 3 heterocycles. The second kappa shape index (κ2) is 8.96. The highest BCUT2D eigenvalue weighted by Gasteiger charge is 2.51. The molecule has 5 rings (SSSR count). The van der Waals surface area contributed by atoms with E-state index in [1.807, 2.05) is 6.92 Å². The Balaban J connectivity index is 1.65. The van der Waals surface area contributed by atoms with E-state index < -0.39 is 35.0 Å². The maximum absolute atomic E-state index is 15.1. The van der Waals surface area contributed by atoms with Crippen molar-refractivity contribution in [3.63, 3.8) is 0 Å². The lowest BCUT2D eigenvalue weighted by molar-refractivity contribution is -0.0240. The number of alkyl halides is 2. The third kappa shape index (κ3) is 3.82. The Morgan fingerprint density at radius 2 is 1.97 bits per heavy atom. The lowest BCUT2D eigenvalue weighted by atomic mass is 9.92. The molecule has 1 aromatic heterocycles. The number of benzene rings is 2. The summed E-state index contributed by atoms with van der Waals surface area (Å²) in [4.78, 5) is 17.7. The Morgan fingerprint density at radius 1 is 1.23 bits per heavy atom. The normalized spacial score (nSPS) is 18.0. The number of nitrogens with one attached hydrogen (secondary N) is 1. The molecule has 0 aliphatic carbocycles. The number of hydrogen-bond acceptors (Lipinski definition) is 5. The number of rotatable bonds is 6. The second-order valence-corrected chi connectivity index (χ2v) is 9.45. The molecule has 0 amide bonds. The van der Waals surface area contributed by atoms with Crippen molar-refractivity contribution >= 4 is 17.8 Å². The topological polar surface area (TPSA) is 60.6 Å². The summed E-state index contributed by atoms with van der Waals surface area (Å²) in [6, 6.07) is 5.68. The maximum atomic E-state index is 15.1. The van der Waals surface area contributed by atoms with Gasteiger partial charge in [-0.1, -0.05) is 31.0 Å². The molecule has 0 saturated carbocycles. The van der Waals surface area contributed by atoms with Crippen LogP contribution in [-0.4, -0.2) is 33.9 Å². The van der Waals surface area contributed by atoms with Gasteiger partial charge in [0.25, 0.3) is 0 Å². The highest BCUT2D eigenvalue weighted by atomic mass is 32.2. The summed E-state index contributed by atoms with van der Waals surface area (Å²) in [5, 5.41) is 0. The molecule has 0 saturated heterocycles. The quantitative estimate of drug-likeness (QED) is 0.401. The number of fused-ring (bicyclic) bond motifs is 2. The van der Waals surface area contributed by atoms with Gasteiger partial charge in [-0.25, -0.2) is 13.6 Å². The molecule has 0 spiro atoms. The number of imidazole rings is 1. The fourth-order valence-electron chi connectivity index (χ4n) is 4.64. The van der Waals surface area contributed by atoms with Crippen LogP contribution >= 0.6 is 11.9 Å². The number of hydrogen-bond donors (Lipinski definition) is 1. The molecule has 184 valence electrons. The van der Waals surface area contributed by atoms with Crippen molar-refractivity contribution in [3.05, 3.63) is 81.0 Å². The predicted molar refractivity (Wildman–Crippen MR) is 126 cm³/mol. The largest absolute Gasteiger partial charge is 0.380 e. The first-order chi connectivity index (χ1) is 16.8. The van der Waals surface area contributed by atoms with E-state index in [1.54, 1.807) is 12.1 Å². The number of aromatic nitrogens is 2. The summed E-state index contributed by atoms with van der Waals surface area (Å²) in [5.41, 5.74) is 0.421. The molecule has 2 aromatic carbocycles. The van der Waals surface area contributed by atoms with Gasteiger partial charge in [-0.3, -0.25) is 18.8 Å². The minimum atomic E-state index is -3.28. The van der Waals surface area contributed by atoms with E-state index in [4.69, 9.17) is 4.74 Å². The number of aliphatic imine (C=N–C) groups is 1. The SMILES string of the molecule is CCSN[C@@H]1Cn2c(cn(C3=NCc4cc(COC)cc(-c5c(F)cccc5F)c43)c2=O)C1(F)F. The number of ether oxygens (including phenoxy) is 1. The Labute approximate surface area is 202 Å². The van der Waals surface area contributed by atoms with Crippen molar-refractivity contribution in [2.75, 3.05) is 12.9 Å².